The fourth-order valence-corrected chi connectivity index (χ4v) is 5.28. The van der Waals surface area contributed by atoms with E-state index < -0.39 is 52.4 Å². The maximum absolute atomic E-state index is 13.5. The minimum atomic E-state index is -4.78. The zero-order valence-corrected chi connectivity index (χ0v) is 19.4. The molecule has 0 saturated heterocycles. The lowest BCUT2D eigenvalue weighted by molar-refractivity contribution is -0.137. The molecule has 7 nitrogen and oxygen atoms in total. The van der Waals surface area contributed by atoms with Crippen LogP contribution in [0.2, 0.25) is 5.02 Å². The first kappa shape index (κ1) is 24.6. The highest BCUT2D eigenvalue weighted by molar-refractivity contribution is 7.92. The normalized spacial score (nSPS) is 13.7. The van der Waals surface area contributed by atoms with Crippen LogP contribution in [0.3, 0.4) is 0 Å². The van der Waals surface area contributed by atoms with Crippen LogP contribution in [-0.2, 0) is 25.8 Å². The Labute approximate surface area is 203 Å². The van der Waals surface area contributed by atoms with Gasteiger partial charge in [0.2, 0.25) is 11.8 Å². The molecule has 0 bridgehead atoms. The second-order valence-electron chi connectivity index (χ2n) is 7.53. The quantitative estimate of drug-likeness (QED) is 0.532. The fourth-order valence-electron chi connectivity index (χ4n) is 3.56. The molecule has 35 heavy (non-hydrogen) atoms. The second kappa shape index (κ2) is 9.23. The summed E-state index contributed by atoms with van der Waals surface area (Å²) in [6, 6.07) is 15.5. The zero-order chi connectivity index (χ0) is 25.4. The number of hydrogen-bond acceptors (Lipinski definition) is 4. The third-order valence-electron chi connectivity index (χ3n) is 5.22. The largest absolute Gasteiger partial charge is 0.416 e. The van der Waals surface area contributed by atoms with Crippen LogP contribution < -0.4 is 14.5 Å². The van der Waals surface area contributed by atoms with E-state index in [0.29, 0.717) is 27.8 Å². The number of amides is 2. The van der Waals surface area contributed by atoms with Crippen LogP contribution in [0.25, 0.3) is 0 Å². The van der Waals surface area contributed by atoms with Crippen molar-refractivity contribution in [1.29, 1.82) is 0 Å². The van der Waals surface area contributed by atoms with E-state index >= 15 is 0 Å². The highest BCUT2D eigenvalue weighted by atomic mass is 35.5. The number of hydrogen-bond donors (Lipinski definition) is 1. The Balaban J connectivity index is 1.81. The van der Waals surface area contributed by atoms with Crippen LogP contribution >= 0.6 is 11.6 Å². The maximum Gasteiger partial charge on any atom is 0.416 e. The lowest BCUT2D eigenvalue weighted by Gasteiger charge is -2.32. The van der Waals surface area contributed by atoms with Gasteiger partial charge >= 0.3 is 6.18 Å². The molecule has 1 N–H and O–H groups in total. The highest BCUT2D eigenvalue weighted by Crippen LogP contribution is 2.38. The Morgan fingerprint density at radius 1 is 1.03 bits per heavy atom. The van der Waals surface area contributed by atoms with Crippen LogP contribution in [0, 0.1) is 0 Å². The molecule has 0 saturated carbocycles. The Morgan fingerprint density at radius 2 is 1.69 bits per heavy atom. The van der Waals surface area contributed by atoms with Crippen molar-refractivity contribution in [2.75, 3.05) is 27.6 Å². The van der Waals surface area contributed by atoms with Gasteiger partial charge in [0.05, 0.1) is 32.5 Å². The smallest absolute Gasteiger partial charge is 0.323 e. The van der Waals surface area contributed by atoms with E-state index in [2.05, 4.69) is 5.32 Å². The summed E-state index contributed by atoms with van der Waals surface area (Å²) in [5.41, 5.74) is -0.996. The topological polar surface area (TPSA) is 86.8 Å². The van der Waals surface area contributed by atoms with Gasteiger partial charge in [-0.15, -0.1) is 0 Å². The van der Waals surface area contributed by atoms with Gasteiger partial charge in [-0.25, -0.2) is 8.42 Å². The van der Waals surface area contributed by atoms with Crippen molar-refractivity contribution in [3.63, 3.8) is 0 Å². The Morgan fingerprint density at radius 3 is 2.37 bits per heavy atom. The number of rotatable bonds is 5. The van der Waals surface area contributed by atoms with E-state index in [9.17, 15) is 31.2 Å². The van der Waals surface area contributed by atoms with E-state index in [0.717, 1.165) is 11.0 Å². The number of sulfonamides is 1. The SMILES string of the molecule is O=C1CN(C(=O)CN(c2cc(C(F)(F)F)ccc2Cl)S(=O)(=O)c2ccccc2)c2ccccc2N1. The van der Waals surface area contributed by atoms with Crippen molar-refractivity contribution in [2.24, 2.45) is 0 Å². The van der Waals surface area contributed by atoms with Crippen molar-refractivity contribution >= 4 is 50.5 Å². The number of para-hydroxylation sites is 2. The van der Waals surface area contributed by atoms with Crippen LogP contribution in [0.1, 0.15) is 5.56 Å². The molecule has 0 aliphatic carbocycles. The van der Waals surface area contributed by atoms with E-state index in [1.165, 1.54) is 24.3 Å². The van der Waals surface area contributed by atoms with E-state index in [1.54, 1.807) is 30.3 Å². The predicted molar refractivity (Wildman–Crippen MR) is 125 cm³/mol. The molecule has 0 unspecified atom stereocenters. The van der Waals surface area contributed by atoms with E-state index in [1.807, 2.05) is 0 Å². The van der Waals surface area contributed by atoms with Gasteiger partial charge in [-0.05, 0) is 42.5 Å². The number of nitrogens with zero attached hydrogens (tertiary/aromatic N) is 2. The standard InChI is InChI=1S/C23H17ClF3N3O4S/c24-17-11-10-15(23(25,26)27)12-20(17)30(35(33,34)16-6-2-1-3-7-16)14-22(32)29-13-21(31)28-18-8-4-5-9-19(18)29/h1-12H,13-14H2,(H,28,31). The molecule has 12 heteroatoms. The molecule has 0 atom stereocenters. The Kier molecular flexibility index (Phi) is 6.48. The number of halogens is 4. The van der Waals surface area contributed by atoms with Gasteiger partial charge < -0.3 is 5.32 Å². The number of fused-ring (bicyclic) bond motifs is 1. The highest BCUT2D eigenvalue weighted by Gasteiger charge is 2.36. The van der Waals surface area contributed by atoms with Crippen molar-refractivity contribution in [3.05, 3.63) is 83.4 Å². The second-order valence-corrected chi connectivity index (χ2v) is 9.80. The molecule has 182 valence electrons. The molecule has 3 aromatic carbocycles. The summed E-state index contributed by atoms with van der Waals surface area (Å²) in [6.07, 6.45) is -4.78. The summed E-state index contributed by atoms with van der Waals surface area (Å²) in [5, 5.41) is 2.30. The molecule has 1 heterocycles. The molecule has 1 aliphatic heterocycles. The van der Waals surface area contributed by atoms with Gasteiger partial charge in [-0.2, -0.15) is 13.2 Å². The fraction of sp³-hybridized carbons (Fsp3) is 0.130. The number of alkyl halides is 3. The van der Waals surface area contributed by atoms with Gasteiger partial charge in [0.1, 0.15) is 13.1 Å². The minimum Gasteiger partial charge on any atom is -0.323 e. The summed E-state index contributed by atoms with van der Waals surface area (Å²) in [4.78, 5) is 26.3. The summed E-state index contributed by atoms with van der Waals surface area (Å²) in [5.74, 6) is -1.34. The number of carbonyl (C=O) groups excluding carboxylic acids is 2. The molecular weight excluding hydrogens is 507 g/mol. The maximum atomic E-state index is 13.5. The summed E-state index contributed by atoms with van der Waals surface area (Å²) < 4.78 is 67.8. The summed E-state index contributed by atoms with van der Waals surface area (Å²) >= 11 is 6.15. The van der Waals surface area contributed by atoms with Gasteiger partial charge in [0, 0.05) is 0 Å². The van der Waals surface area contributed by atoms with Gasteiger partial charge in [0.15, 0.2) is 0 Å². The van der Waals surface area contributed by atoms with Crippen LogP contribution in [-0.4, -0.2) is 33.3 Å². The van der Waals surface area contributed by atoms with Gasteiger partial charge in [0.25, 0.3) is 10.0 Å². The number of carbonyl (C=O) groups is 2. The summed E-state index contributed by atoms with van der Waals surface area (Å²) in [6.45, 7) is -1.30. The van der Waals surface area contributed by atoms with Crippen molar-refractivity contribution in [1.82, 2.24) is 0 Å². The number of benzene rings is 3. The Hall–Kier alpha value is -3.57. The van der Waals surface area contributed by atoms with E-state index in [4.69, 9.17) is 11.6 Å². The average Bonchev–Trinajstić information content (AvgIpc) is 2.82. The molecule has 0 fully saturated rings. The first-order chi connectivity index (χ1) is 16.5. The first-order valence-electron chi connectivity index (χ1n) is 10.1. The van der Waals surface area contributed by atoms with E-state index in [-0.39, 0.29) is 9.92 Å². The van der Waals surface area contributed by atoms with Crippen LogP contribution in [0.15, 0.2) is 77.7 Å². The molecule has 1 aliphatic rings. The van der Waals surface area contributed by atoms with Gasteiger partial charge in [-0.3, -0.25) is 18.8 Å². The van der Waals surface area contributed by atoms with Crippen molar-refractivity contribution < 1.29 is 31.2 Å². The minimum absolute atomic E-state index is 0.252. The lowest BCUT2D eigenvalue weighted by atomic mass is 10.2. The third kappa shape index (κ3) is 4.96. The average molecular weight is 524 g/mol. The molecule has 0 aromatic heterocycles. The van der Waals surface area contributed by atoms with Crippen molar-refractivity contribution in [2.45, 2.75) is 11.1 Å². The first-order valence-corrected chi connectivity index (χ1v) is 11.9. The lowest BCUT2D eigenvalue weighted by Crippen LogP contribution is -2.48. The van der Waals surface area contributed by atoms with Crippen molar-refractivity contribution in [3.8, 4) is 0 Å². The Bertz CT molecular complexity index is 1400. The molecule has 2 amide bonds. The molecule has 4 rings (SSSR count). The number of anilines is 3. The monoisotopic (exact) mass is 523 g/mol. The zero-order valence-electron chi connectivity index (χ0n) is 17.8. The molecule has 0 spiro atoms. The molecular formula is C23H17ClF3N3O4S. The third-order valence-corrected chi connectivity index (χ3v) is 7.32. The summed E-state index contributed by atoms with van der Waals surface area (Å²) in [7, 11) is -4.53. The predicted octanol–water partition coefficient (Wildman–Crippen LogP) is 4.54. The van der Waals surface area contributed by atoms with Crippen LogP contribution in [0.4, 0.5) is 30.2 Å². The number of nitrogens with one attached hydrogen (secondary N) is 1. The molecule has 0 radical (unpaired) electrons. The molecule has 3 aromatic rings. The van der Waals surface area contributed by atoms with Gasteiger partial charge in [-0.1, -0.05) is 41.9 Å². The van der Waals surface area contributed by atoms with Crippen LogP contribution in [0.5, 0.6) is 0 Å².